The molecule has 0 heterocycles. The molecule has 0 aromatic heterocycles. The summed E-state index contributed by atoms with van der Waals surface area (Å²) in [6.07, 6.45) is -0.567. The minimum absolute atomic E-state index is 0.0122. The smallest absolute Gasteiger partial charge is 0.205 e. The lowest BCUT2D eigenvalue weighted by molar-refractivity contribution is 0.193. The maximum absolute atomic E-state index is 12.3. The topological polar surface area (TPSA) is 0 Å². The summed E-state index contributed by atoms with van der Waals surface area (Å²) < 4.78 is 24.6. The predicted molar refractivity (Wildman–Crippen MR) is 59.7 cm³/mol. The van der Waals surface area contributed by atoms with Crippen LogP contribution in [0, 0.1) is 0 Å². The van der Waals surface area contributed by atoms with Crippen LogP contribution in [-0.4, -0.2) is 6.43 Å². The van der Waals surface area contributed by atoms with Crippen LogP contribution in [0.5, 0.6) is 0 Å². The highest BCUT2D eigenvalue weighted by Crippen LogP contribution is 2.21. The molecule has 0 radical (unpaired) electrons. The Morgan fingerprint density at radius 2 is 1.79 bits per heavy atom. The third-order valence-corrected chi connectivity index (χ3v) is 1.85. The van der Waals surface area contributed by atoms with Gasteiger partial charge in [0.05, 0.1) is 0 Å². The molecule has 0 aromatic carbocycles. The fourth-order valence-corrected chi connectivity index (χ4v) is 0.875. The summed E-state index contributed by atoms with van der Waals surface area (Å²) in [5.74, 6) is 0. The SMILES string of the molecule is C=C/C(=C(/C)C(=C)CC)C(F)F.CC. The Hall–Kier alpha value is -0.920. The summed E-state index contributed by atoms with van der Waals surface area (Å²) in [6, 6.07) is 0. The first-order valence-electron chi connectivity index (χ1n) is 4.84. The van der Waals surface area contributed by atoms with Gasteiger partial charge in [-0.2, -0.15) is 0 Å². The largest absolute Gasteiger partial charge is 0.264 e. The summed E-state index contributed by atoms with van der Waals surface area (Å²) in [7, 11) is 0. The minimum Gasteiger partial charge on any atom is -0.205 e. The van der Waals surface area contributed by atoms with Crippen molar-refractivity contribution in [3.63, 3.8) is 0 Å². The van der Waals surface area contributed by atoms with E-state index in [0.29, 0.717) is 12.0 Å². The van der Waals surface area contributed by atoms with Gasteiger partial charge < -0.3 is 0 Å². The monoisotopic (exact) mass is 202 g/mol. The fourth-order valence-electron chi connectivity index (χ4n) is 0.875. The second kappa shape index (κ2) is 8.67. The van der Waals surface area contributed by atoms with Crippen molar-refractivity contribution in [3.05, 3.63) is 36.0 Å². The van der Waals surface area contributed by atoms with Crippen molar-refractivity contribution in [2.45, 2.75) is 40.5 Å². The van der Waals surface area contributed by atoms with Crippen molar-refractivity contribution in [2.75, 3.05) is 0 Å². The highest BCUT2D eigenvalue weighted by molar-refractivity contribution is 5.37. The van der Waals surface area contributed by atoms with Crippen LogP contribution in [0.4, 0.5) is 8.78 Å². The molecule has 0 bridgehead atoms. The number of alkyl halides is 2. The van der Waals surface area contributed by atoms with Crippen LogP contribution in [0.2, 0.25) is 0 Å². The second-order valence-corrected chi connectivity index (χ2v) is 2.54. The molecule has 0 aliphatic carbocycles. The van der Waals surface area contributed by atoms with E-state index >= 15 is 0 Å². The molecule has 0 amide bonds. The molecule has 0 aliphatic heterocycles. The average molecular weight is 202 g/mol. The van der Waals surface area contributed by atoms with E-state index in [1.165, 1.54) is 6.08 Å². The number of halogens is 2. The van der Waals surface area contributed by atoms with Gasteiger partial charge in [0.15, 0.2) is 0 Å². The Balaban J connectivity index is 0. The maximum Gasteiger partial charge on any atom is 0.264 e. The molecule has 0 rings (SSSR count). The van der Waals surface area contributed by atoms with Crippen LogP contribution in [0.25, 0.3) is 0 Å². The van der Waals surface area contributed by atoms with E-state index in [2.05, 4.69) is 13.2 Å². The van der Waals surface area contributed by atoms with Crippen LogP contribution in [-0.2, 0) is 0 Å². The van der Waals surface area contributed by atoms with Gasteiger partial charge in [-0.3, -0.25) is 0 Å². The van der Waals surface area contributed by atoms with Crippen LogP contribution in [0.1, 0.15) is 34.1 Å². The van der Waals surface area contributed by atoms with Crippen LogP contribution in [0.3, 0.4) is 0 Å². The number of rotatable bonds is 4. The summed E-state index contributed by atoms with van der Waals surface area (Å²) in [4.78, 5) is 0. The molecule has 82 valence electrons. The standard InChI is InChI=1S/C10H14F2.C2H6/c1-5-7(3)8(4)9(6-2)10(11)12;1-2/h6,10H,2-3,5H2,1,4H3;1-2H3/b9-8+;. The molecular formula is C12H20F2. The first-order chi connectivity index (χ1) is 6.54. The van der Waals surface area contributed by atoms with E-state index in [-0.39, 0.29) is 5.57 Å². The van der Waals surface area contributed by atoms with Crippen molar-refractivity contribution in [1.82, 2.24) is 0 Å². The predicted octanol–water partition coefficient (Wildman–Crippen LogP) is 4.75. The molecule has 0 nitrogen and oxygen atoms in total. The molecular weight excluding hydrogens is 182 g/mol. The summed E-state index contributed by atoms with van der Waals surface area (Å²) in [6.45, 7) is 14.6. The van der Waals surface area contributed by atoms with Crippen LogP contribution >= 0.6 is 0 Å². The molecule has 0 spiro atoms. The van der Waals surface area contributed by atoms with Crippen molar-refractivity contribution in [3.8, 4) is 0 Å². The molecule has 0 aliphatic rings. The van der Waals surface area contributed by atoms with Gasteiger partial charge in [0, 0.05) is 5.57 Å². The lowest BCUT2D eigenvalue weighted by Gasteiger charge is -2.08. The summed E-state index contributed by atoms with van der Waals surface area (Å²) in [5.41, 5.74) is 1.29. The molecule has 0 unspecified atom stereocenters. The summed E-state index contributed by atoms with van der Waals surface area (Å²) >= 11 is 0. The first-order valence-corrected chi connectivity index (χ1v) is 4.84. The highest BCUT2D eigenvalue weighted by Gasteiger charge is 2.11. The van der Waals surface area contributed by atoms with Crippen molar-refractivity contribution < 1.29 is 8.78 Å². The zero-order valence-electron chi connectivity index (χ0n) is 9.53. The van der Waals surface area contributed by atoms with Gasteiger partial charge in [-0.25, -0.2) is 8.78 Å². The molecule has 0 aromatic rings. The van der Waals surface area contributed by atoms with Crippen molar-refractivity contribution >= 4 is 0 Å². The molecule has 0 fully saturated rings. The molecule has 0 N–H and O–H groups in total. The van der Waals surface area contributed by atoms with E-state index in [1.54, 1.807) is 6.92 Å². The normalized spacial score (nSPS) is 11.4. The fraction of sp³-hybridized carbons (Fsp3) is 0.500. The van der Waals surface area contributed by atoms with E-state index in [9.17, 15) is 8.78 Å². The number of hydrogen-bond donors (Lipinski definition) is 0. The second-order valence-electron chi connectivity index (χ2n) is 2.54. The van der Waals surface area contributed by atoms with E-state index in [1.807, 2.05) is 20.8 Å². The van der Waals surface area contributed by atoms with Crippen LogP contribution in [0.15, 0.2) is 36.0 Å². The molecule has 0 saturated carbocycles. The van der Waals surface area contributed by atoms with Crippen molar-refractivity contribution in [1.29, 1.82) is 0 Å². The van der Waals surface area contributed by atoms with Gasteiger partial charge in [0.25, 0.3) is 6.43 Å². The maximum atomic E-state index is 12.3. The van der Waals surface area contributed by atoms with Gasteiger partial charge in [0.2, 0.25) is 0 Å². The average Bonchev–Trinajstić information content (AvgIpc) is 2.20. The zero-order chi connectivity index (χ0) is 11.7. The molecule has 0 saturated heterocycles. The van der Waals surface area contributed by atoms with Gasteiger partial charge in [0.1, 0.15) is 0 Å². The van der Waals surface area contributed by atoms with Gasteiger partial charge in [-0.15, -0.1) is 0 Å². The highest BCUT2D eigenvalue weighted by atomic mass is 19.3. The quantitative estimate of drug-likeness (QED) is 0.577. The Morgan fingerprint density at radius 1 is 1.36 bits per heavy atom. The lowest BCUT2D eigenvalue weighted by atomic mass is 10.0. The van der Waals surface area contributed by atoms with Gasteiger partial charge >= 0.3 is 0 Å². The van der Waals surface area contributed by atoms with E-state index < -0.39 is 6.43 Å². The Labute approximate surface area is 86.0 Å². The van der Waals surface area contributed by atoms with Crippen molar-refractivity contribution in [2.24, 2.45) is 0 Å². The van der Waals surface area contributed by atoms with Crippen LogP contribution < -0.4 is 0 Å². The molecule has 14 heavy (non-hydrogen) atoms. The number of hydrogen-bond acceptors (Lipinski definition) is 0. The Kier molecular flexibility index (Phi) is 9.63. The molecule has 0 atom stereocenters. The Morgan fingerprint density at radius 3 is 2.00 bits per heavy atom. The minimum atomic E-state index is -2.45. The lowest BCUT2D eigenvalue weighted by Crippen LogP contribution is -1.98. The van der Waals surface area contributed by atoms with Gasteiger partial charge in [-0.05, 0) is 18.9 Å². The Bertz CT molecular complexity index is 212. The molecule has 2 heteroatoms. The van der Waals surface area contributed by atoms with Gasteiger partial charge in [-0.1, -0.05) is 45.6 Å². The zero-order valence-corrected chi connectivity index (χ0v) is 9.53. The first kappa shape index (κ1) is 15.5. The third kappa shape index (κ3) is 4.95. The van der Waals surface area contributed by atoms with E-state index in [4.69, 9.17) is 0 Å². The summed E-state index contributed by atoms with van der Waals surface area (Å²) in [5, 5.41) is 0. The third-order valence-electron chi connectivity index (χ3n) is 1.85. The van der Waals surface area contributed by atoms with E-state index in [0.717, 1.165) is 5.57 Å². The number of allylic oxidation sites excluding steroid dienone is 4.